The van der Waals surface area contributed by atoms with Gasteiger partial charge in [-0.05, 0) is 31.2 Å². The molecule has 2 heteroatoms. The largest absolute Gasteiger partial charge is 1.00 e. The van der Waals surface area contributed by atoms with Crippen LogP contribution in [-0.4, -0.2) is 32.2 Å². The van der Waals surface area contributed by atoms with Gasteiger partial charge in [0.25, 0.3) is 0 Å². The van der Waals surface area contributed by atoms with E-state index in [9.17, 15) is 0 Å². The first-order valence-electron chi connectivity index (χ1n) is 7.42. The van der Waals surface area contributed by atoms with Gasteiger partial charge in [0, 0.05) is 0 Å². The highest BCUT2D eigenvalue weighted by molar-refractivity contribution is 5.14. The molecule has 0 aliphatic carbocycles. The zero-order valence-electron chi connectivity index (χ0n) is 12.9. The summed E-state index contributed by atoms with van der Waals surface area (Å²) in [6.45, 7) is 1.31. The van der Waals surface area contributed by atoms with Crippen LogP contribution in [0.25, 0.3) is 0 Å². The van der Waals surface area contributed by atoms with Gasteiger partial charge in [-0.25, -0.2) is 0 Å². The number of nitrogens with zero attached hydrogens (tertiary/aromatic N) is 1. The minimum Gasteiger partial charge on any atom is -1.00 e. The van der Waals surface area contributed by atoms with E-state index < -0.39 is 0 Å². The van der Waals surface area contributed by atoms with Crippen molar-refractivity contribution < 1.29 is 28.5 Å². The van der Waals surface area contributed by atoms with E-state index >= 15 is 0 Å². The van der Waals surface area contributed by atoms with E-state index in [-0.39, 0.29) is 24.0 Å². The third-order valence-electron chi connectivity index (χ3n) is 3.39. The summed E-state index contributed by atoms with van der Waals surface area (Å²) in [7, 11) is 6.83. The van der Waals surface area contributed by atoms with Gasteiger partial charge in [-0.3, -0.25) is 0 Å². The topological polar surface area (TPSA) is 0 Å². The Morgan fingerprint density at radius 3 is 1.84 bits per heavy atom. The molecule has 0 unspecified atom stereocenters. The van der Waals surface area contributed by atoms with Crippen molar-refractivity contribution >= 4 is 0 Å². The van der Waals surface area contributed by atoms with Gasteiger partial charge in [0.05, 0.1) is 27.7 Å². The van der Waals surface area contributed by atoms with Crippen molar-refractivity contribution in [1.82, 2.24) is 0 Å². The van der Waals surface area contributed by atoms with Gasteiger partial charge in [-0.15, -0.1) is 0 Å². The summed E-state index contributed by atoms with van der Waals surface area (Å²) in [4.78, 5) is 0. The molecule has 0 N–H and O–H groups in total. The fourth-order valence-corrected chi connectivity index (χ4v) is 2.27. The highest BCUT2D eigenvalue weighted by Crippen LogP contribution is 2.10. The highest BCUT2D eigenvalue weighted by Gasteiger charge is 2.04. The number of halogens is 1. The van der Waals surface area contributed by atoms with Crippen molar-refractivity contribution in [2.45, 2.75) is 44.9 Å². The van der Waals surface area contributed by atoms with Crippen LogP contribution < -0.4 is 24.0 Å². The van der Waals surface area contributed by atoms with E-state index in [1.165, 1.54) is 57.1 Å². The first kappa shape index (κ1) is 18.9. The highest BCUT2D eigenvalue weighted by atomic mass is 127. The van der Waals surface area contributed by atoms with Crippen LogP contribution in [0, 0.1) is 0 Å². The first-order chi connectivity index (χ1) is 8.58. The van der Waals surface area contributed by atoms with E-state index in [0.29, 0.717) is 0 Å². The minimum atomic E-state index is 0. The van der Waals surface area contributed by atoms with Gasteiger partial charge in [-0.2, -0.15) is 0 Å². The first-order valence-corrected chi connectivity index (χ1v) is 7.42. The fraction of sp³-hybridized carbons (Fsp3) is 0.647. The minimum absolute atomic E-state index is 0. The molecule has 0 aliphatic rings. The molecular formula is C17H30IN. The Kier molecular flexibility index (Phi) is 10.6. The maximum absolute atomic E-state index is 2.28. The number of hydrogen-bond acceptors (Lipinski definition) is 0. The number of hydrogen-bond donors (Lipinski definition) is 0. The molecule has 0 spiro atoms. The van der Waals surface area contributed by atoms with E-state index in [1.54, 1.807) is 0 Å². The fourth-order valence-electron chi connectivity index (χ4n) is 2.27. The summed E-state index contributed by atoms with van der Waals surface area (Å²) in [5.41, 5.74) is 1.49. The Hall–Kier alpha value is -0.0900. The van der Waals surface area contributed by atoms with Crippen LogP contribution in [0.5, 0.6) is 0 Å². The zero-order valence-corrected chi connectivity index (χ0v) is 15.0. The summed E-state index contributed by atoms with van der Waals surface area (Å²) in [6, 6.07) is 10.8. The van der Waals surface area contributed by atoms with Crippen LogP contribution in [0.4, 0.5) is 0 Å². The standard InChI is InChI=1S/C17H30N.HI/c1-18(2,3)16-12-7-5-4-6-9-13-17-14-10-8-11-15-17;/h8,10-11,14-15H,4-7,9,12-13,16H2,1-3H3;1H/q+1;/p-1. The molecule has 1 nitrogen and oxygen atoms in total. The molecule has 0 aromatic heterocycles. The normalized spacial score (nSPS) is 11.1. The molecule has 0 saturated heterocycles. The number of aryl methyl sites for hydroxylation is 1. The van der Waals surface area contributed by atoms with Crippen molar-refractivity contribution in [3.8, 4) is 0 Å². The van der Waals surface area contributed by atoms with Gasteiger partial charge < -0.3 is 28.5 Å². The molecule has 0 saturated carbocycles. The number of unbranched alkanes of at least 4 members (excludes halogenated alkanes) is 5. The summed E-state index contributed by atoms with van der Waals surface area (Å²) in [5, 5.41) is 0. The SMILES string of the molecule is C[N+](C)(C)CCCCCCCCc1ccccc1.[I-]. The Bertz CT molecular complexity index is 303. The Morgan fingerprint density at radius 1 is 0.737 bits per heavy atom. The molecule has 19 heavy (non-hydrogen) atoms. The van der Waals surface area contributed by atoms with Crippen molar-refractivity contribution in [3.63, 3.8) is 0 Å². The average molecular weight is 375 g/mol. The predicted octanol–water partition coefficient (Wildman–Crippen LogP) is 1.28. The van der Waals surface area contributed by atoms with Gasteiger partial charge in [0.15, 0.2) is 0 Å². The lowest BCUT2D eigenvalue weighted by Crippen LogP contribution is -3.00. The molecule has 0 radical (unpaired) electrons. The molecule has 1 aromatic carbocycles. The molecule has 0 aliphatic heterocycles. The molecular weight excluding hydrogens is 345 g/mol. The number of rotatable bonds is 9. The average Bonchev–Trinajstić information content (AvgIpc) is 2.32. The van der Waals surface area contributed by atoms with Crippen LogP contribution >= 0.6 is 0 Å². The maximum Gasteiger partial charge on any atom is 0.0780 e. The Labute approximate surface area is 137 Å². The van der Waals surface area contributed by atoms with Crippen LogP contribution in [0.3, 0.4) is 0 Å². The van der Waals surface area contributed by atoms with E-state index in [1.807, 2.05) is 0 Å². The molecule has 1 aromatic rings. The zero-order chi connectivity index (χ0) is 13.3. The molecule has 1 rings (SSSR count). The second-order valence-corrected chi connectivity index (χ2v) is 6.37. The van der Waals surface area contributed by atoms with Gasteiger partial charge in [0.1, 0.15) is 0 Å². The lowest BCUT2D eigenvalue weighted by molar-refractivity contribution is -0.870. The second kappa shape index (κ2) is 10.7. The number of benzene rings is 1. The smallest absolute Gasteiger partial charge is 0.0780 e. The molecule has 0 fully saturated rings. The lowest BCUT2D eigenvalue weighted by atomic mass is 10.0. The second-order valence-electron chi connectivity index (χ2n) is 6.37. The van der Waals surface area contributed by atoms with Crippen LogP contribution in [0.2, 0.25) is 0 Å². The van der Waals surface area contributed by atoms with E-state index in [4.69, 9.17) is 0 Å². The molecule has 110 valence electrons. The van der Waals surface area contributed by atoms with Gasteiger partial charge >= 0.3 is 0 Å². The Balaban J connectivity index is 0.00000324. The van der Waals surface area contributed by atoms with Crippen molar-refractivity contribution in [2.75, 3.05) is 27.7 Å². The third-order valence-corrected chi connectivity index (χ3v) is 3.39. The van der Waals surface area contributed by atoms with Gasteiger partial charge in [-0.1, -0.05) is 49.6 Å². The summed E-state index contributed by atoms with van der Waals surface area (Å²) < 4.78 is 1.11. The van der Waals surface area contributed by atoms with Crippen LogP contribution in [-0.2, 0) is 6.42 Å². The van der Waals surface area contributed by atoms with E-state index in [2.05, 4.69) is 51.5 Å². The molecule has 0 atom stereocenters. The van der Waals surface area contributed by atoms with Crippen molar-refractivity contribution in [1.29, 1.82) is 0 Å². The molecule has 0 heterocycles. The number of quaternary nitrogens is 1. The van der Waals surface area contributed by atoms with Crippen LogP contribution in [0.1, 0.15) is 44.1 Å². The Morgan fingerprint density at radius 2 is 1.26 bits per heavy atom. The summed E-state index contributed by atoms with van der Waals surface area (Å²) >= 11 is 0. The molecule has 0 bridgehead atoms. The maximum atomic E-state index is 2.28. The van der Waals surface area contributed by atoms with Crippen LogP contribution in [0.15, 0.2) is 30.3 Å². The third kappa shape index (κ3) is 11.4. The summed E-state index contributed by atoms with van der Waals surface area (Å²) in [6.07, 6.45) is 9.58. The lowest BCUT2D eigenvalue weighted by Gasteiger charge is -2.23. The predicted molar refractivity (Wildman–Crippen MR) is 80.7 cm³/mol. The quantitative estimate of drug-likeness (QED) is 0.347. The van der Waals surface area contributed by atoms with Crippen molar-refractivity contribution in [2.24, 2.45) is 0 Å². The summed E-state index contributed by atoms with van der Waals surface area (Å²) in [5.74, 6) is 0. The van der Waals surface area contributed by atoms with E-state index in [0.717, 1.165) is 4.48 Å². The van der Waals surface area contributed by atoms with Gasteiger partial charge in [0.2, 0.25) is 0 Å². The van der Waals surface area contributed by atoms with Crippen molar-refractivity contribution in [3.05, 3.63) is 35.9 Å². The molecule has 0 amide bonds. The monoisotopic (exact) mass is 375 g/mol.